The number of hydrogen-bond donors (Lipinski definition) is 1. The average molecular weight is 350 g/mol. The van der Waals surface area contributed by atoms with Gasteiger partial charge in [-0.15, -0.1) is 0 Å². The minimum Gasteiger partial charge on any atom is -0.508 e. The third-order valence-electron chi connectivity index (χ3n) is 4.22. The molecule has 4 heteroatoms. The molecular weight excluding hydrogens is 334 g/mol. The normalized spacial score (nSPS) is 16.4. The maximum atomic E-state index is 9.55. The van der Waals surface area contributed by atoms with Gasteiger partial charge in [0.05, 0.1) is 5.71 Å². The molecule has 1 heterocycles. The molecule has 1 N–H and O–H groups in total. The second-order valence-corrected chi connectivity index (χ2v) is 6.31. The van der Waals surface area contributed by atoms with Crippen LogP contribution in [0.5, 0.6) is 11.5 Å². The summed E-state index contributed by atoms with van der Waals surface area (Å²) in [5.41, 5.74) is 3.58. The molecule has 0 fully saturated rings. The Morgan fingerprint density at radius 1 is 0.920 bits per heavy atom. The average Bonchev–Trinajstić information content (AvgIpc) is 2.82. The lowest BCUT2D eigenvalue weighted by Gasteiger charge is -2.19. The fraction of sp³-hybridized carbons (Fsp3) is 0.0952. The molecule has 1 aliphatic rings. The smallest absolute Gasteiger partial charge is 0.145 e. The molecule has 0 saturated heterocycles. The first-order valence-corrected chi connectivity index (χ1v) is 8.45. The van der Waals surface area contributed by atoms with Crippen LogP contribution in [0.1, 0.15) is 23.7 Å². The van der Waals surface area contributed by atoms with Gasteiger partial charge in [0.2, 0.25) is 0 Å². The predicted octanol–water partition coefficient (Wildman–Crippen LogP) is 5.69. The van der Waals surface area contributed by atoms with Crippen molar-refractivity contribution in [3.8, 4) is 11.5 Å². The number of ether oxygens (including phenoxy) is 1. The van der Waals surface area contributed by atoms with E-state index in [2.05, 4.69) is 0 Å². The lowest BCUT2D eigenvalue weighted by Crippen LogP contribution is -2.13. The van der Waals surface area contributed by atoms with Crippen molar-refractivity contribution in [2.45, 2.75) is 12.5 Å². The SMILES string of the molecule is Oc1ccc(C2=Nc3ccccc3OC(c3ccccc3Cl)C2)cc1. The first-order chi connectivity index (χ1) is 12.2. The van der Waals surface area contributed by atoms with E-state index in [-0.39, 0.29) is 11.9 Å². The highest BCUT2D eigenvalue weighted by atomic mass is 35.5. The van der Waals surface area contributed by atoms with Gasteiger partial charge in [-0.2, -0.15) is 0 Å². The molecule has 3 nitrogen and oxygen atoms in total. The molecule has 1 unspecified atom stereocenters. The first kappa shape index (κ1) is 15.7. The van der Waals surface area contributed by atoms with Crippen molar-refractivity contribution in [2.75, 3.05) is 0 Å². The van der Waals surface area contributed by atoms with E-state index in [1.165, 1.54) is 0 Å². The molecule has 0 aliphatic carbocycles. The van der Waals surface area contributed by atoms with E-state index < -0.39 is 0 Å². The van der Waals surface area contributed by atoms with Crippen molar-refractivity contribution < 1.29 is 9.84 Å². The number of halogens is 1. The number of fused-ring (bicyclic) bond motifs is 1. The summed E-state index contributed by atoms with van der Waals surface area (Å²) in [6, 6.07) is 22.5. The van der Waals surface area contributed by atoms with Crippen LogP contribution in [-0.2, 0) is 0 Å². The first-order valence-electron chi connectivity index (χ1n) is 8.08. The highest BCUT2D eigenvalue weighted by Crippen LogP contribution is 2.39. The summed E-state index contributed by atoms with van der Waals surface area (Å²) in [6.07, 6.45) is 0.355. The molecule has 0 radical (unpaired) electrons. The van der Waals surface area contributed by atoms with Gasteiger partial charge in [0.25, 0.3) is 0 Å². The summed E-state index contributed by atoms with van der Waals surface area (Å²) in [5, 5.41) is 10.2. The van der Waals surface area contributed by atoms with Gasteiger partial charge >= 0.3 is 0 Å². The molecule has 4 rings (SSSR count). The number of aliphatic imine (C=N–C) groups is 1. The molecular formula is C21H16ClNO2. The number of para-hydroxylation sites is 2. The summed E-state index contributed by atoms with van der Waals surface area (Å²) >= 11 is 6.40. The Labute approximate surface area is 151 Å². The van der Waals surface area contributed by atoms with Crippen molar-refractivity contribution in [1.82, 2.24) is 0 Å². The Morgan fingerprint density at radius 3 is 2.44 bits per heavy atom. The van der Waals surface area contributed by atoms with Crippen LogP contribution >= 0.6 is 11.6 Å². The maximum absolute atomic E-state index is 9.55. The van der Waals surface area contributed by atoms with E-state index in [1.807, 2.05) is 60.7 Å². The zero-order chi connectivity index (χ0) is 17.2. The van der Waals surface area contributed by atoms with Gasteiger partial charge in [0.1, 0.15) is 23.3 Å². The lowest BCUT2D eigenvalue weighted by molar-refractivity contribution is 0.217. The largest absolute Gasteiger partial charge is 0.508 e. The van der Waals surface area contributed by atoms with Gasteiger partial charge in [-0.05, 0) is 48.0 Å². The molecule has 0 amide bonds. The third-order valence-corrected chi connectivity index (χ3v) is 4.57. The molecule has 0 spiro atoms. The predicted molar refractivity (Wildman–Crippen MR) is 100 cm³/mol. The number of phenols is 1. The molecule has 3 aromatic rings. The third kappa shape index (κ3) is 3.24. The molecule has 0 saturated carbocycles. The second kappa shape index (κ2) is 6.61. The molecule has 3 aromatic carbocycles. The van der Waals surface area contributed by atoms with Gasteiger partial charge < -0.3 is 9.84 Å². The minimum absolute atomic E-state index is 0.232. The number of hydrogen-bond acceptors (Lipinski definition) is 3. The Morgan fingerprint density at radius 2 is 1.64 bits per heavy atom. The Hall–Kier alpha value is -2.78. The van der Waals surface area contributed by atoms with Crippen LogP contribution in [0.4, 0.5) is 5.69 Å². The standard InChI is InChI=1S/C21H16ClNO2/c22-17-6-2-1-5-16(17)21-13-19(14-9-11-15(24)12-10-14)23-18-7-3-4-8-20(18)25-21/h1-12,21,24H,13H2. The van der Waals surface area contributed by atoms with E-state index in [1.54, 1.807) is 12.1 Å². The lowest BCUT2D eigenvalue weighted by atomic mass is 9.99. The van der Waals surface area contributed by atoms with E-state index in [0.29, 0.717) is 11.4 Å². The van der Waals surface area contributed by atoms with Crippen molar-refractivity contribution in [1.29, 1.82) is 0 Å². The summed E-state index contributed by atoms with van der Waals surface area (Å²) in [6.45, 7) is 0. The summed E-state index contributed by atoms with van der Waals surface area (Å²) < 4.78 is 6.25. The number of rotatable bonds is 2. The van der Waals surface area contributed by atoms with Crippen molar-refractivity contribution in [2.24, 2.45) is 4.99 Å². The van der Waals surface area contributed by atoms with Gasteiger partial charge in [0, 0.05) is 17.0 Å². The van der Waals surface area contributed by atoms with Crippen LogP contribution in [-0.4, -0.2) is 10.8 Å². The van der Waals surface area contributed by atoms with E-state index in [4.69, 9.17) is 21.3 Å². The summed E-state index contributed by atoms with van der Waals surface area (Å²) in [5.74, 6) is 0.971. The number of phenolic OH excluding ortho intramolecular Hbond substituents is 1. The summed E-state index contributed by atoms with van der Waals surface area (Å²) in [4.78, 5) is 4.81. The Balaban J connectivity index is 1.82. The topological polar surface area (TPSA) is 41.8 Å². The summed E-state index contributed by atoms with van der Waals surface area (Å²) in [7, 11) is 0. The van der Waals surface area contributed by atoms with Gasteiger partial charge in [0.15, 0.2) is 0 Å². The number of nitrogens with zero attached hydrogens (tertiary/aromatic N) is 1. The zero-order valence-electron chi connectivity index (χ0n) is 13.4. The fourth-order valence-corrected chi connectivity index (χ4v) is 3.21. The van der Waals surface area contributed by atoms with E-state index >= 15 is 0 Å². The van der Waals surface area contributed by atoms with Crippen LogP contribution in [0.3, 0.4) is 0 Å². The molecule has 0 bridgehead atoms. The zero-order valence-corrected chi connectivity index (χ0v) is 14.1. The van der Waals surface area contributed by atoms with E-state index in [0.717, 1.165) is 28.3 Å². The minimum atomic E-state index is -0.232. The Bertz CT molecular complexity index is 935. The Kier molecular flexibility index (Phi) is 4.16. The molecule has 0 aromatic heterocycles. The van der Waals surface area contributed by atoms with E-state index in [9.17, 15) is 5.11 Å². The van der Waals surface area contributed by atoms with Crippen molar-refractivity contribution >= 4 is 23.0 Å². The van der Waals surface area contributed by atoms with Crippen molar-refractivity contribution in [3.05, 3.63) is 88.9 Å². The fourth-order valence-electron chi connectivity index (χ4n) is 2.96. The van der Waals surface area contributed by atoms with Crippen LogP contribution in [0.15, 0.2) is 77.8 Å². The van der Waals surface area contributed by atoms with Crippen LogP contribution in [0, 0.1) is 0 Å². The maximum Gasteiger partial charge on any atom is 0.145 e. The molecule has 1 atom stereocenters. The van der Waals surface area contributed by atoms with Crippen LogP contribution in [0.2, 0.25) is 5.02 Å². The molecule has 25 heavy (non-hydrogen) atoms. The van der Waals surface area contributed by atoms with Crippen LogP contribution < -0.4 is 4.74 Å². The molecule has 1 aliphatic heterocycles. The monoisotopic (exact) mass is 349 g/mol. The quantitative estimate of drug-likeness (QED) is 0.645. The van der Waals surface area contributed by atoms with Gasteiger partial charge in [-0.25, -0.2) is 4.99 Å². The van der Waals surface area contributed by atoms with Crippen molar-refractivity contribution in [3.63, 3.8) is 0 Å². The second-order valence-electron chi connectivity index (χ2n) is 5.91. The van der Waals surface area contributed by atoms with Crippen LogP contribution in [0.25, 0.3) is 0 Å². The molecule has 124 valence electrons. The highest BCUT2D eigenvalue weighted by Gasteiger charge is 2.24. The van der Waals surface area contributed by atoms with Gasteiger partial charge in [-0.1, -0.05) is 41.9 Å². The number of benzene rings is 3. The van der Waals surface area contributed by atoms with Gasteiger partial charge in [-0.3, -0.25) is 0 Å². The highest BCUT2D eigenvalue weighted by molar-refractivity contribution is 6.31. The number of aromatic hydroxyl groups is 1.